The van der Waals surface area contributed by atoms with Crippen molar-refractivity contribution in [3.05, 3.63) is 65.7 Å². The van der Waals surface area contributed by atoms with E-state index in [9.17, 15) is 9.59 Å². The summed E-state index contributed by atoms with van der Waals surface area (Å²) >= 11 is 0. The molecule has 0 spiro atoms. The van der Waals surface area contributed by atoms with Crippen molar-refractivity contribution in [3.8, 4) is 0 Å². The van der Waals surface area contributed by atoms with E-state index in [-0.39, 0.29) is 6.04 Å². The molecule has 0 fully saturated rings. The fraction of sp³-hybridized carbons (Fsp3) is 0.222. The zero-order valence-electron chi connectivity index (χ0n) is 13.0. The molecule has 0 saturated carbocycles. The average Bonchev–Trinajstić information content (AvgIpc) is 2.55. The molecule has 0 aliphatic rings. The van der Waals surface area contributed by atoms with Crippen LogP contribution in [0.2, 0.25) is 0 Å². The van der Waals surface area contributed by atoms with Gasteiger partial charge in [-0.2, -0.15) is 0 Å². The van der Waals surface area contributed by atoms with Gasteiger partial charge in [0.05, 0.1) is 5.69 Å². The summed E-state index contributed by atoms with van der Waals surface area (Å²) < 4.78 is 0. The van der Waals surface area contributed by atoms with Crippen molar-refractivity contribution in [3.63, 3.8) is 0 Å². The fourth-order valence-corrected chi connectivity index (χ4v) is 2.31. The molecule has 2 aromatic carbocycles. The van der Waals surface area contributed by atoms with E-state index < -0.39 is 11.6 Å². The van der Waals surface area contributed by atoms with Crippen LogP contribution < -0.4 is 10.4 Å². The molecule has 0 aromatic heterocycles. The van der Waals surface area contributed by atoms with Crippen LogP contribution in [0.15, 0.2) is 54.6 Å². The lowest BCUT2D eigenvalue weighted by atomic mass is 10.0. The molecular formula is C18H20N2O2. The number of carbonyl (C=O) groups excluding carboxylic acids is 2. The second kappa shape index (κ2) is 7.00. The normalized spacial score (nSPS) is 10.5. The highest BCUT2D eigenvalue weighted by Gasteiger charge is 2.18. The number of carbonyl (C=O) groups is 2. The molecular weight excluding hydrogens is 276 g/mol. The first-order valence-electron chi connectivity index (χ1n) is 7.25. The largest absolute Gasteiger partial charge is 0.306 e. The molecule has 0 aliphatic heterocycles. The SMILES string of the molecule is CNN(c1ccc(C(=O)C(=O)c2ccccc2)cc1)C(C)C. The minimum Gasteiger partial charge on any atom is -0.306 e. The van der Waals surface area contributed by atoms with Crippen LogP contribution in [0, 0.1) is 0 Å². The van der Waals surface area contributed by atoms with Gasteiger partial charge in [0.1, 0.15) is 0 Å². The number of nitrogens with one attached hydrogen (secondary N) is 1. The molecule has 0 bridgehead atoms. The van der Waals surface area contributed by atoms with Gasteiger partial charge in [-0.25, -0.2) is 5.43 Å². The highest BCUT2D eigenvalue weighted by atomic mass is 16.2. The van der Waals surface area contributed by atoms with Gasteiger partial charge in [0.15, 0.2) is 0 Å². The third-order valence-corrected chi connectivity index (χ3v) is 3.41. The highest BCUT2D eigenvalue weighted by Crippen LogP contribution is 2.17. The highest BCUT2D eigenvalue weighted by molar-refractivity contribution is 6.49. The van der Waals surface area contributed by atoms with Gasteiger partial charge in [0.25, 0.3) is 0 Å². The van der Waals surface area contributed by atoms with E-state index in [2.05, 4.69) is 19.3 Å². The van der Waals surface area contributed by atoms with Gasteiger partial charge in [-0.3, -0.25) is 9.59 Å². The predicted octanol–water partition coefficient (Wildman–Crippen LogP) is 3.10. The van der Waals surface area contributed by atoms with Crippen LogP contribution >= 0.6 is 0 Å². The van der Waals surface area contributed by atoms with Gasteiger partial charge < -0.3 is 5.01 Å². The van der Waals surface area contributed by atoms with E-state index in [0.717, 1.165) is 5.69 Å². The molecule has 0 aliphatic carbocycles. The quantitative estimate of drug-likeness (QED) is 0.505. The summed E-state index contributed by atoms with van der Waals surface area (Å²) in [4.78, 5) is 24.4. The molecule has 0 unspecified atom stereocenters. The van der Waals surface area contributed by atoms with E-state index in [1.807, 2.05) is 30.3 Å². The molecule has 4 nitrogen and oxygen atoms in total. The summed E-state index contributed by atoms with van der Waals surface area (Å²) in [6.07, 6.45) is 0. The molecule has 1 N–H and O–H groups in total. The molecule has 0 radical (unpaired) electrons. The van der Waals surface area contributed by atoms with Crippen molar-refractivity contribution >= 4 is 17.3 Å². The minimum absolute atomic E-state index is 0.275. The molecule has 2 rings (SSSR count). The van der Waals surface area contributed by atoms with Crippen molar-refractivity contribution in [2.75, 3.05) is 12.1 Å². The van der Waals surface area contributed by atoms with Crippen molar-refractivity contribution in [2.45, 2.75) is 19.9 Å². The maximum absolute atomic E-state index is 12.3. The molecule has 0 saturated heterocycles. The summed E-state index contributed by atoms with van der Waals surface area (Å²) in [5.41, 5.74) is 4.86. The second-order valence-corrected chi connectivity index (χ2v) is 5.26. The van der Waals surface area contributed by atoms with Crippen LogP contribution in [0.3, 0.4) is 0 Å². The van der Waals surface area contributed by atoms with E-state index in [1.54, 1.807) is 36.4 Å². The Bertz CT molecular complexity index is 649. The predicted molar refractivity (Wildman–Crippen MR) is 88.2 cm³/mol. The number of hydrogen-bond donors (Lipinski definition) is 1. The Morgan fingerprint density at radius 2 is 1.36 bits per heavy atom. The molecule has 22 heavy (non-hydrogen) atoms. The number of Topliss-reactive ketones (excluding diaryl/α,β-unsaturated/α-hetero) is 2. The first-order valence-corrected chi connectivity index (χ1v) is 7.25. The minimum atomic E-state index is -0.488. The Balaban J connectivity index is 2.20. The maximum atomic E-state index is 12.3. The molecule has 114 valence electrons. The molecule has 0 amide bonds. The van der Waals surface area contributed by atoms with Gasteiger partial charge in [-0.05, 0) is 38.1 Å². The van der Waals surface area contributed by atoms with Crippen LogP contribution in [-0.4, -0.2) is 24.7 Å². The number of rotatable bonds is 6. The summed E-state index contributed by atoms with van der Waals surface area (Å²) in [5.74, 6) is -0.971. The van der Waals surface area contributed by atoms with Gasteiger partial charge in [0.2, 0.25) is 11.6 Å². The van der Waals surface area contributed by atoms with Crippen molar-refractivity contribution < 1.29 is 9.59 Å². The number of hydrazine groups is 1. The molecule has 4 heteroatoms. The Morgan fingerprint density at radius 1 is 0.864 bits per heavy atom. The van der Waals surface area contributed by atoms with Crippen LogP contribution in [0.1, 0.15) is 34.6 Å². The summed E-state index contributed by atoms with van der Waals surface area (Å²) in [5, 5.41) is 1.98. The Morgan fingerprint density at radius 3 is 1.82 bits per heavy atom. The lowest BCUT2D eigenvalue weighted by Crippen LogP contribution is -2.40. The average molecular weight is 296 g/mol. The zero-order valence-corrected chi connectivity index (χ0v) is 13.0. The van der Waals surface area contributed by atoms with E-state index in [1.165, 1.54) is 0 Å². The number of hydrogen-bond acceptors (Lipinski definition) is 4. The van der Waals surface area contributed by atoms with Crippen LogP contribution in [0.4, 0.5) is 5.69 Å². The van der Waals surface area contributed by atoms with Gasteiger partial charge in [0, 0.05) is 24.2 Å². The lowest BCUT2D eigenvalue weighted by molar-refractivity contribution is 0.0817. The number of nitrogens with zero attached hydrogens (tertiary/aromatic N) is 1. The summed E-state index contributed by atoms with van der Waals surface area (Å²) in [6, 6.07) is 15.9. The first-order chi connectivity index (χ1) is 10.5. The summed E-state index contributed by atoms with van der Waals surface area (Å²) in [7, 11) is 1.85. The van der Waals surface area contributed by atoms with Crippen LogP contribution in [0.25, 0.3) is 0 Å². The topological polar surface area (TPSA) is 49.4 Å². The van der Waals surface area contributed by atoms with Crippen LogP contribution in [-0.2, 0) is 0 Å². The monoisotopic (exact) mass is 296 g/mol. The van der Waals surface area contributed by atoms with Crippen LogP contribution in [0.5, 0.6) is 0 Å². The van der Waals surface area contributed by atoms with Gasteiger partial charge in [-0.15, -0.1) is 0 Å². The number of ketones is 2. The van der Waals surface area contributed by atoms with Crippen molar-refractivity contribution in [1.29, 1.82) is 0 Å². The van der Waals surface area contributed by atoms with E-state index >= 15 is 0 Å². The smallest absolute Gasteiger partial charge is 0.233 e. The maximum Gasteiger partial charge on any atom is 0.233 e. The van der Waals surface area contributed by atoms with E-state index in [0.29, 0.717) is 11.1 Å². The Hall–Kier alpha value is -2.46. The Kier molecular flexibility index (Phi) is 5.07. The van der Waals surface area contributed by atoms with E-state index in [4.69, 9.17) is 0 Å². The van der Waals surface area contributed by atoms with Gasteiger partial charge >= 0.3 is 0 Å². The molecule has 0 atom stereocenters. The standard InChI is InChI=1S/C18H20N2O2/c1-13(2)20(19-3)16-11-9-15(10-12-16)18(22)17(21)14-7-5-4-6-8-14/h4-13,19H,1-3H3. The molecule has 0 heterocycles. The first kappa shape index (κ1) is 15.9. The fourth-order valence-electron chi connectivity index (χ4n) is 2.31. The summed E-state index contributed by atoms with van der Waals surface area (Å²) in [6.45, 7) is 4.13. The lowest BCUT2D eigenvalue weighted by Gasteiger charge is -2.27. The second-order valence-electron chi connectivity index (χ2n) is 5.26. The van der Waals surface area contributed by atoms with Crippen molar-refractivity contribution in [1.82, 2.24) is 5.43 Å². The number of anilines is 1. The zero-order chi connectivity index (χ0) is 16.1. The number of benzene rings is 2. The third-order valence-electron chi connectivity index (χ3n) is 3.41. The Labute approximate surface area is 130 Å². The third kappa shape index (κ3) is 3.40. The molecule has 2 aromatic rings. The van der Waals surface area contributed by atoms with Crippen molar-refractivity contribution in [2.24, 2.45) is 0 Å². The van der Waals surface area contributed by atoms with Gasteiger partial charge in [-0.1, -0.05) is 30.3 Å².